The highest BCUT2D eigenvalue weighted by atomic mass is 16.6. The Morgan fingerprint density at radius 2 is 1.17 bits per heavy atom. The fourth-order valence-electron chi connectivity index (χ4n) is 18.4. The molecule has 1 heterocycles. The lowest BCUT2D eigenvalue weighted by Gasteiger charge is -2.56. The quantitative estimate of drug-likeness (QED) is 0.00778. The molecule has 5 aromatic rings. The number of ketones is 4. The van der Waals surface area contributed by atoms with Crippen LogP contribution in [-0.4, -0.2) is 148 Å². The van der Waals surface area contributed by atoms with E-state index in [2.05, 4.69) is 78.3 Å². The van der Waals surface area contributed by atoms with Gasteiger partial charge in [-0.15, -0.1) is 0 Å². The summed E-state index contributed by atoms with van der Waals surface area (Å²) in [5.74, 6) is 1.97. The Kier molecular flexibility index (Phi) is 31.3. The molecule has 1 aliphatic heterocycles. The van der Waals surface area contributed by atoms with Crippen LogP contribution < -0.4 is 43.0 Å². The molecular formula is C91H116N8O17. The first-order valence-corrected chi connectivity index (χ1v) is 41.2. The average Bonchev–Trinajstić information content (AvgIpc) is 0.721. The van der Waals surface area contributed by atoms with Crippen molar-refractivity contribution < 1.29 is 81.5 Å². The van der Waals surface area contributed by atoms with Gasteiger partial charge in [0.25, 0.3) is 0 Å². The summed E-state index contributed by atoms with van der Waals surface area (Å²) in [6.45, 7) is 14.7. The molecule has 9 atom stereocenters. The molecule has 25 heteroatoms. The molecule has 0 spiro atoms. The second kappa shape index (κ2) is 41.1. The first-order chi connectivity index (χ1) is 55.6. The molecule has 116 heavy (non-hydrogen) atoms. The summed E-state index contributed by atoms with van der Waals surface area (Å²) in [6.07, 6.45) is 6.67. The number of benzene rings is 5. The van der Waals surface area contributed by atoms with Crippen molar-refractivity contribution in [3.05, 3.63) is 159 Å². The summed E-state index contributed by atoms with van der Waals surface area (Å²) in [7, 11) is 0. The topological polar surface area (TPSA) is 370 Å². The lowest BCUT2D eigenvalue weighted by Crippen LogP contribution is -2.55. The predicted molar refractivity (Wildman–Crippen MR) is 439 cm³/mol. The molecule has 25 nitrogen and oxygen atoms in total. The van der Waals surface area contributed by atoms with Crippen LogP contribution in [0.5, 0.6) is 0 Å². The molecule has 2 saturated carbocycles. The number of carbonyl (C=O) groups is 11. The largest absolute Gasteiger partial charge is 0.481 e. The number of hydrogen-bond donors (Lipinski definition) is 8. The van der Waals surface area contributed by atoms with Crippen molar-refractivity contribution in [1.82, 2.24) is 21.3 Å². The van der Waals surface area contributed by atoms with Gasteiger partial charge in [0.05, 0.1) is 83.6 Å². The number of anilines is 3. The van der Waals surface area contributed by atoms with Gasteiger partial charge in [0.2, 0.25) is 23.6 Å². The Morgan fingerprint density at radius 3 is 1.81 bits per heavy atom. The molecule has 0 radical (unpaired) electrons. The van der Waals surface area contributed by atoms with Crippen LogP contribution in [-0.2, 0) is 110 Å². The predicted octanol–water partition coefficient (Wildman–Crippen LogP) is 11.2. The molecule has 7 amide bonds. The zero-order chi connectivity index (χ0) is 83.2. The number of nitrogens with two attached hydrogens (primary N) is 2. The number of aryl methyl sites for hydroxylation is 2. The van der Waals surface area contributed by atoms with Crippen LogP contribution in [0.25, 0.3) is 0 Å². The molecule has 5 aromatic carbocycles. The molecule has 5 aliphatic rings. The first-order valence-electron chi connectivity index (χ1n) is 41.2. The van der Waals surface area contributed by atoms with Gasteiger partial charge in [0, 0.05) is 90.9 Å². The summed E-state index contributed by atoms with van der Waals surface area (Å²) in [4.78, 5) is 150. The number of amides is 7. The van der Waals surface area contributed by atoms with Crippen LogP contribution in [0.3, 0.4) is 0 Å². The highest BCUT2D eigenvalue weighted by molar-refractivity contribution is 6.05. The monoisotopic (exact) mass is 1590 g/mol. The van der Waals surface area contributed by atoms with Crippen LogP contribution in [0.4, 0.5) is 26.7 Å². The lowest BCUT2D eigenvalue weighted by atomic mass is 9.47. The number of para-hydroxylation sites is 1. The van der Waals surface area contributed by atoms with E-state index in [1.165, 1.54) is 11.1 Å². The Balaban J connectivity index is 0.617. The van der Waals surface area contributed by atoms with Crippen LogP contribution in [0.1, 0.15) is 201 Å². The summed E-state index contributed by atoms with van der Waals surface area (Å²) < 4.78 is 28.0. The highest BCUT2D eigenvalue weighted by Gasteiger charge is 2.58. The van der Waals surface area contributed by atoms with Crippen molar-refractivity contribution in [2.75, 3.05) is 81.9 Å². The number of urea groups is 1. The molecule has 2 fully saturated rings. The Bertz CT molecular complexity index is 4440. The summed E-state index contributed by atoms with van der Waals surface area (Å²) >= 11 is 0. The number of carbonyl (C=O) groups excluding carboxylic acids is 10. The number of fused-ring (bicyclic) bond motifs is 8. The second-order valence-electron chi connectivity index (χ2n) is 33.1. The standard InChI is InChI=1S/C91H116N8O17/c1-59(2)84(98-81(105)37-44-112-46-48-114-50-51-115-49-47-113-45-43-94-80(104)34-35-82(106)99-57-67-16-8-7-14-62(67)23-24-65-15-9-10-18-73(65)99)75(101)54-66(17-11-42-95-86(93)110)85(109)96-69-29-20-60(21-30-69)58-116-87(111)97-72(31-36-83(107)108)74(100)53-61-19-22-63-26-32-76-88(3,70(63)52-61)38-12-40-90(76,5)78(102)56-79(103)91(6)41-13-39-89(4)71-55-68(92)28-25-64(71)27-33-77(89)91/h7-10,14-16,18-22,25,28-30,52,55,59,66,72,76-77,84H,11-13,17,26-27,31-51,53-54,56-58,92H2,1-6H3,(H,94,104)(H,96,109)(H,97,111)(H,98,105)(H,107,108)(H3,93,95,110)/t66-,72+,76-,77-,84+,88-,89-,90+,91+/m1/s1. The van der Waals surface area contributed by atoms with E-state index in [0.29, 0.717) is 61.7 Å². The molecule has 4 aliphatic carbocycles. The fraction of sp³-hybridized carbons (Fsp3) is 0.527. The van der Waals surface area contributed by atoms with Crippen LogP contribution in [0.15, 0.2) is 109 Å². The third kappa shape index (κ3) is 22.9. The number of aliphatic carboxylic acids is 1. The van der Waals surface area contributed by atoms with E-state index in [4.69, 9.17) is 35.2 Å². The number of alkyl carbamates (subject to hydrolysis) is 1. The van der Waals surface area contributed by atoms with Gasteiger partial charge in [-0.3, -0.25) is 43.2 Å². The molecule has 0 saturated heterocycles. The van der Waals surface area contributed by atoms with Crippen LogP contribution in [0.2, 0.25) is 0 Å². The van der Waals surface area contributed by atoms with Gasteiger partial charge in [0.1, 0.15) is 18.2 Å². The van der Waals surface area contributed by atoms with Crippen molar-refractivity contribution in [1.29, 1.82) is 0 Å². The number of hydrogen-bond acceptors (Lipinski definition) is 17. The molecule has 0 bridgehead atoms. The minimum atomic E-state index is -1.21. The van der Waals surface area contributed by atoms with Gasteiger partial charge in [-0.2, -0.15) is 0 Å². The van der Waals surface area contributed by atoms with E-state index in [0.717, 1.165) is 91.3 Å². The maximum atomic E-state index is 15.0. The minimum absolute atomic E-state index is 0.00524. The second-order valence-corrected chi connectivity index (χ2v) is 33.1. The number of Topliss-reactive ketones (excluding diaryl/α,β-unsaturated/α-hetero) is 4. The van der Waals surface area contributed by atoms with E-state index in [-0.39, 0.29) is 156 Å². The van der Waals surface area contributed by atoms with Gasteiger partial charge < -0.3 is 71.7 Å². The minimum Gasteiger partial charge on any atom is -0.481 e. The zero-order valence-electron chi connectivity index (χ0n) is 68.1. The molecule has 622 valence electrons. The molecular weight excluding hydrogens is 1480 g/mol. The van der Waals surface area contributed by atoms with Crippen molar-refractivity contribution in [3.8, 4) is 11.8 Å². The summed E-state index contributed by atoms with van der Waals surface area (Å²) in [6, 6.07) is 30.9. The molecule has 0 aromatic heterocycles. The van der Waals surface area contributed by atoms with Gasteiger partial charge in [-0.05, 0) is 181 Å². The smallest absolute Gasteiger partial charge is 0.408 e. The Morgan fingerprint density at radius 1 is 0.586 bits per heavy atom. The number of nitrogens with zero attached hydrogens (tertiary/aromatic N) is 1. The van der Waals surface area contributed by atoms with Gasteiger partial charge in [-0.25, -0.2) is 9.59 Å². The highest BCUT2D eigenvalue weighted by Crippen LogP contribution is 2.61. The van der Waals surface area contributed by atoms with E-state index < -0.39 is 76.4 Å². The Labute approximate surface area is 680 Å². The van der Waals surface area contributed by atoms with Crippen LogP contribution in [0, 0.1) is 46.3 Å². The van der Waals surface area contributed by atoms with E-state index in [9.17, 15) is 53.1 Å². The zero-order valence-corrected chi connectivity index (χ0v) is 68.1. The van der Waals surface area contributed by atoms with Gasteiger partial charge >= 0.3 is 18.1 Å². The molecule has 10 rings (SSSR count). The third-order valence-corrected chi connectivity index (χ3v) is 24.8. The summed E-state index contributed by atoms with van der Waals surface area (Å²) in [5, 5.41) is 23.3. The van der Waals surface area contributed by atoms with E-state index in [1.54, 1.807) is 43.0 Å². The van der Waals surface area contributed by atoms with Crippen molar-refractivity contribution in [3.63, 3.8) is 0 Å². The summed E-state index contributed by atoms with van der Waals surface area (Å²) in [5.41, 5.74) is 19.9. The first kappa shape index (κ1) is 88.2. The molecule has 10 N–H and O–H groups in total. The van der Waals surface area contributed by atoms with Crippen molar-refractivity contribution >= 4 is 81.9 Å². The van der Waals surface area contributed by atoms with Crippen molar-refractivity contribution in [2.24, 2.45) is 40.2 Å². The lowest BCUT2D eigenvalue weighted by molar-refractivity contribution is -0.146. The number of nitrogens with one attached hydrogen (secondary N) is 5. The number of ether oxygens (including phenoxy) is 5. The van der Waals surface area contributed by atoms with Crippen molar-refractivity contribution in [2.45, 2.75) is 206 Å². The maximum Gasteiger partial charge on any atom is 0.408 e. The molecule has 0 unspecified atom stereocenters. The van der Waals surface area contributed by atoms with E-state index in [1.807, 2.05) is 72.8 Å². The third-order valence-electron chi connectivity index (χ3n) is 24.8. The van der Waals surface area contributed by atoms with E-state index >= 15 is 4.79 Å². The number of primary amides is 1. The van der Waals surface area contributed by atoms with Gasteiger partial charge in [-0.1, -0.05) is 133 Å². The Hall–Kier alpha value is -10.1. The fourth-order valence-corrected chi connectivity index (χ4v) is 18.4. The maximum absolute atomic E-state index is 15.0. The van der Waals surface area contributed by atoms with Crippen LogP contribution >= 0.6 is 0 Å². The number of carboxylic acids is 1. The average molecular weight is 1590 g/mol. The normalized spacial score (nSPS) is 21.0. The number of rotatable bonds is 42. The number of carboxylic acid groups (broad SMARTS) is 1. The SMILES string of the molecule is CC(C)[C@H](NC(=O)CCOCCOCCOCCOCCNC(=O)CCC(=O)N1Cc2ccccc2C#Cc2ccccc21)C(=O)C[C@@H](CCCNC(N)=O)C(=O)Nc1ccc(COC(=O)N[C@@H](CCC(=O)O)C(=O)Cc2ccc3c(c2)[C@@]2(C)CCC[C@](C)(C(=O)CC(=O)[C@@]4(C)CCC[C@]5(C)c6cc(N)ccc6CC[C@@H]45)[C@@H]2CC3)cc1. The number of nitrogen functional groups attached to an aromatic ring is 1. The van der Waals surface area contributed by atoms with Gasteiger partial charge in [0.15, 0.2) is 11.6 Å².